The first-order chi connectivity index (χ1) is 10.4. The van der Waals surface area contributed by atoms with Crippen LogP contribution in [0.3, 0.4) is 0 Å². The maximum Gasteiger partial charge on any atom is 0.341 e. The highest BCUT2D eigenvalue weighted by Gasteiger charge is 2.26. The van der Waals surface area contributed by atoms with E-state index in [0.29, 0.717) is 5.56 Å². The predicted octanol–water partition coefficient (Wildman–Crippen LogP) is 3.02. The summed E-state index contributed by atoms with van der Waals surface area (Å²) in [6.45, 7) is 1.53. The molecule has 118 valence electrons. The number of aromatic nitrogens is 2. The lowest BCUT2D eigenvalue weighted by atomic mass is 10.2. The van der Waals surface area contributed by atoms with Gasteiger partial charge in [-0.2, -0.15) is 5.10 Å². The third kappa shape index (κ3) is 3.27. The van der Waals surface area contributed by atoms with Crippen LogP contribution < -0.4 is 0 Å². The normalized spacial score (nSPS) is 10.9. The summed E-state index contributed by atoms with van der Waals surface area (Å²) in [5.41, 5.74) is -0.411. The topological polar surface area (TPSA) is 87.3 Å². The van der Waals surface area contributed by atoms with Gasteiger partial charge in [-0.25, -0.2) is 13.6 Å². The molecule has 22 heavy (non-hydrogen) atoms. The van der Waals surface area contributed by atoms with Gasteiger partial charge in [0.2, 0.25) is 0 Å². The highest BCUT2D eigenvalue weighted by molar-refractivity contribution is 7.13. The first-order valence-corrected chi connectivity index (χ1v) is 7.04. The lowest BCUT2D eigenvalue weighted by Crippen LogP contribution is -2.11. The molecule has 0 aromatic carbocycles. The molecule has 2 aromatic heterocycles. The Bertz CT molecular complexity index is 698. The number of esters is 1. The van der Waals surface area contributed by atoms with Crippen molar-refractivity contribution in [3.8, 4) is 0 Å². The van der Waals surface area contributed by atoms with Gasteiger partial charge in [-0.1, -0.05) is 11.3 Å². The van der Waals surface area contributed by atoms with Gasteiger partial charge in [0.25, 0.3) is 6.43 Å². The summed E-state index contributed by atoms with van der Waals surface area (Å²) in [5.74, 6) is -0.875. The van der Waals surface area contributed by atoms with Gasteiger partial charge in [0.15, 0.2) is 0 Å². The Hall–Kier alpha value is -2.36. The zero-order valence-electron chi connectivity index (χ0n) is 11.4. The van der Waals surface area contributed by atoms with Crippen molar-refractivity contribution in [3.05, 3.63) is 44.6 Å². The SMILES string of the molecule is CCOC(=O)c1cnn(Cc2csc([N+](=O)[O-])c2)c1C(F)F. The number of alkyl halides is 2. The summed E-state index contributed by atoms with van der Waals surface area (Å²) < 4.78 is 32.0. The highest BCUT2D eigenvalue weighted by Crippen LogP contribution is 2.27. The van der Waals surface area contributed by atoms with Crippen molar-refractivity contribution in [1.82, 2.24) is 9.78 Å². The number of halogens is 2. The number of rotatable bonds is 6. The van der Waals surface area contributed by atoms with Crippen LogP contribution in [-0.4, -0.2) is 27.3 Å². The lowest BCUT2D eigenvalue weighted by Gasteiger charge is -2.07. The average Bonchev–Trinajstić information content (AvgIpc) is 3.06. The Morgan fingerprint density at radius 1 is 1.59 bits per heavy atom. The Labute approximate surface area is 127 Å². The van der Waals surface area contributed by atoms with Gasteiger partial charge in [0.05, 0.1) is 24.3 Å². The number of nitrogens with zero attached hydrogens (tertiary/aromatic N) is 3. The summed E-state index contributed by atoms with van der Waals surface area (Å²) in [7, 11) is 0. The van der Waals surface area contributed by atoms with E-state index in [1.165, 1.54) is 11.4 Å². The fourth-order valence-electron chi connectivity index (χ4n) is 1.83. The largest absolute Gasteiger partial charge is 0.462 e. The molecule has 2 rings (SSSR count). The molecule has 0 aliphatic rings. The third-order valence-corrected chi connectivity index (χ3v) is 3.66. The van der Waals surface area contributed by atoms with Crippen molar-refractivity contribution in [3.63, 3.8) is 0 Å². The standard InChI is InChI=1S/C12H11F2N3O4S/c1-2-21-12(18)8-4-15-16(10(8)11(13)14)5-7-3-9(17(19)20)22-6-7/h3-4,6,11H,2,5H2,1H3. The van der Waals surface area contributed by atoms with Gasteiger partial charge in [-0.15, -0.1) is 0 Å². The number of hydrogen-bond donors (Lipinski definition) is 0. The summed E-state index contributed by atoms with van der Waals surface area (Å²) in [6, 6.07) is 1.28. The molecule has 10 heteroatoms. The summed E-state index contributed by atoms with van der Waals surface area (Å²) in [6.07, 6.45) is -1.91. The molecule has 7 nitrogen and oxygen atoms in total. The second-order valence-electron chi connectivity index (χ2n) is 4.17. The summed E-state index contributed by atoms with van der Waals surface area (Å²) >= 11 is 0.893. The van der Waals surface area contributed by atoms with Crippen LogP contribution in [0.15, 0.2) is 17.6 Å². The molecule has 0 amide bonds. The number of carbonyl (C=O) groups is 1. The minimum absolute atomic E-state index is 0.0589. The molecule has 0 aliphatic carbocycles. The Balaban J connectivity index is 2.30. The summed E-state index contributed by atoms with van der Waals surface area (Å²) in [5, 5.41) is 15.8. The van der Waals surface area contributed by atoms with Crippen molar-refractivity contribution in [2.75, 3.05) is 6.61 Å². The van der Waals surface area contributed by atoms with Crippen LogP contribution in [0.5, 0.6) is 0 Å². The molecule has 0 radical (unpaired) electrons. The molecule has 0 saturated heterocycles. The first kappa shape index (κ1) is 16.0. The molecule has 0 aliphatic heterocycles. The predicted molar refractivity (Wildman–Crippen MR) is 73.2 cm³/mol. The minimum atomic E-state index is -2.92. The van der Waals surface area contributed by atoms with E-state index in [1.807, 2.05) is 0 Å². The Morgan fingerprint density at radius 3 is 2.86 bits per heavy atom. The molecular formula is C12H11F2N3O4S. The maximum atomic E-state index is 13.2. The van der Waals surface area contributed by atoms with E-state index in [0.717, 1.165) is 22.2 Å². The van der Waals surface area contributed by atoms with E-state index in [1.54, 1.807) is 6.92 Å². The van der Waals surface area contributed by atoms with E-state index in [2.05, 4.69) is 5.10 Å². The minimum Gasteiger partial charge on any atom is -0.462 e. The van der Waals surface area contributed by atoms with Crippen LogP contribution in [0.2, 0.25) is 0 Å². The van der Waals surface area contributed by atoms with E-state index in [4.69, 9.17) is 4.74 Å². The van der Waals surface area contributed by atoms with Crippen LogP contribution in [-0.2, 0) is 11.3 Å². The first-order valence-electron chi connectivity index (χ1n) is 6.16. The van der Waals surface area contributed by atoms with Gasteiger partial charge in [0, 0.05) is 11.4 Å². The number of hydrogen-bond acceptors (Lipinski definition) is 6. The van der Waals surface area contributed by atoms with Gasteiger partial charge in [-0.3, -0.25) is 14.8 Å². The second-order valence-corrected chi connectivity index (χ2v) is 5.06. The van der Waals surface area contributed by atoms with Crippen LogP contribution >= 0.6 is 11.3 Å². The molecule has 0 unspecified atom stereocenters. The van der Waals surface area contributed by atoms with Gasteiger partial charge < -0.3 is 4.74 Å². The van der Waals surface area contributed by atoms with Crippen LogP contribution in [0.4, 0.5) is 13.8 Å². The van der Waals surface area contributed by atoms with Crippen molar-refractivity contribution < 1.29 is 23.2 Å². The van der Waals surface area contributed by atoms with E-state index >= 15 is 0 Å². The molecule has 0 saturated carbocycles. The van der Waals surface area contributed by atoms with E-state index < -0.39 is 23.0 Å². The van der Waals surface area contributed by atoms with Crippen molar-refractivity contribution in [2.45, 2.75) is 19.9 Å². The quantitative estimate of drug-likeness (QED) is 0.461. The van der Waals surface area contributed by atoms with E-state index in [-0.39, 0.29) is 23.7 Å². The number of ether oxygens (including phenoxy) is 1. The average molecular weight is 331 g/mol. The molecule has 2 aromatic rings. The Kier molecular flexibility index (Phi) is 4.81. The van der Waals surface area contributed by atoms with Crippen molar-refractivity contribution >= 4 is 22.3 Å². The maximum absolute atomic E-state index is 13.2. The molecule has 2 heterocycles. The fraction of sp³-hybridized carbons (Fsp3) is 0.333. The third-order valence-electron chi connectivity index (χ3n) is 2.73. The summed E-state index contributed by atoms with van der Waals surface area (Å²) in [4.78, 5) is 21.7. The molecule has 0 atom stereocenters. The highest BCUT2D eigenvalue weighted by atomic mass is 32.1. The smallest absolute Gasteiger partial charge is 0.341 e. The molecule has 0 bridgehead atoms. The lowest BCUT2D eigenvalue weighted by molar-refractivity contribution is -0.380. The van der Waals surface area contributed by atoms with Crippen molar-refractivity contribution in [2.24, 2.45) is 0 Å². The number of carbonyl (C=O) groups excluding carboxylic acids is 1. The Morgan fingerprint density at radius 2 is 2.32 bits per heavy atom. The van der Waals surface area contributed by atoms with Crippen LogP contribution in [0.1, 0.15) is 35.0 Å². The van der Waals surface area contributed by atoms with E-state index in [9.17, 15) is 23.7 Å². The number of nitro groups is 1. The fourth-order valence-corrected chi connectivity index (χ4v) is 2.55. The molecule has 0 spiro atoms. The van der Waals surface area contributed by atoms with Crippen LogP contribution in [0.25, 0.3) is 0 Å². The van der Waals surface area contributed by atoms with Gasteiger partial charge >= 0.3 is 11.0 Å². The molecule has 0 fully saturated rings. The van der Waals surface area contributed by atoms with Crippen molar-refractivity contribution in [1.29, 1.82) is 0 Å². The monoisotopic (exact) mass is 331 g/mol. The number of thiophene rings is 1. The van der Waals surface area contributed by atoms with Gasteiger partial charge in [-0.05, 0) is 12.5 Å². The second kappa shape index (κ2) is 6.60. The zero-order valence-corrected chi connectivity index (χ0v) is 12.2. The van der Waals surface area contributed by atoms with Gasteiger partial charge in [0.1, 0.15) is 11.3 Å². The molecule has 0 N–H and O–H groups in total. The zero-order chi connectivity index (χ0) is 16.3. The molecular weight excluding hydrogens is 320 g/mol. The van der Waals surface area contributed by atoms with Crippen LogP contribution in [0, 0.1) is 10.1 Å².